The maximum absolute atomic E-state index is 5.71. The Kier molecular flexibility index (Phi) is 4.73. The molecule has 0 unspecified atom stereocenters. The topological polar surface area (TPSA) is 35.8 Å². The van der Waals surface area contributed by atoms with Gasteiger partial charge in [-0.15, -0.1) is 0 Å². The van der Waals surface area contributed by atoms with Crippen molar-refractivity contribution in [2.75, 3.05) is 14.2 Å². The fourth-order valence-corrected chi connectivity index (χ4v) is 4.84. The van der Waals surface area contributed by atoms with Crippen molar-refractivity contribution < 1.29 is 9.47 Å². The van der Waals surface area contributed by atoms with Crippen LogP contribution in [0.4, 0.5) is 0 Å². The number of methoxy groups -OCH3 is 2. The van der Waals surface area contributed by atoms with Crippen LogP contribution in [0, 0.1) is 6.92 Å². The monoisotopic (exact) mass is 444 g/mol. The summed E-state index contributed by atoms with van der Waals surface area (Å²) in [6.07, 6.45) is 0. The molecule has 0 aliphatic carbocycles. The smallest absolute Gasteiger partial charge is 0.162 e. The largest absolute Gasteiger partial charge is 0.493 e. The summed E-state index contributed by atoms with van der Waals surface area (Å²) in [5, 5.41) is 3.34. The standard InChI is InChI=1S/C30H24N2O2/c1-19-14-15-22-23(16-19)24-17-26(33-2)27(34-3)18-25(24)32-29(21-12-8-5-9-13-21)28(31-30(22)32)20-10-6-4-7-11-20/h4-18H,1-3H3. The van der Waals surface area contributed by atoms with Crippen LogP contribution < -0.4 is 9.47 Å². The molecule has 0 aliphatic rings. The molecule has 166 valence electrons. The van der Waals surface area contributed by atoms with E-state index < -0.39 is 0 Å². The van der Waals surface area contributed by atoms with Gasteiger partial charge in [-0.1, -0.05) is 84.4 Å². The summed E-state index contributed by atoms with van der Waals surface area (Å²) in [6.45, 7) is 2.12. The van der Waals surface area contributed by atoms with E-state index in [0.29, 0.717) is 11.5 Å². The normalized spacial score (nSPS) is 11.4. The molecule has 0 spiro atoms. The summed E-state index contributed by atoms with van der Waals surface area (Å²) >= 11 is 0. The quantitative estimate of drug-likeness (QED) is 0.268. The van der Waals surface area contributed by atoms with Crippen molar-refractivity contribution in [2.45, 2.75) is 6.92 Å². The van der Waals surface area contributed by atoms with E-state index in [9.17, 15) is 0 Å². The second kappa shape index (κ2) is 7.92. The lowest BCUT2D eigenvalue weighted by molar-refractivity contribution is 0.356. The first-order chi connectivity index (χ1) is 16.7. The van der Waals surface area contributed by atoms with Gasteiger partial charge in [0.25, 0.3) is 0 Å². The zero-order chi connectivity index (χ0) is 23.2. The highest BCUT2D eigenvalue weighted by molar-refractivity contribution is 6.14. The molecule has 2 heterocycles. The molecule has 0 bridgehead atoms. The Labute approximate surface area is 198 Å². The summed E-state index contributed by atoms with van der Waals surface area (Å²) in [5.41, 5.74) is 7.35. The number of aromatic nitrogens is 2. The highest BCUT2D eigenvalue weighted by Gasteiger charge is 2.22. The molecule has 0 saturated heterocycles. The summed E-state index contributed by atoms with van der Waals surface area (Å²) in [6, 6.07) is 31.5. The van der Waals surface area contributed by atoms with Crippen LogP contribution in [0.25, 0.3) is 49.8 Å². The highest BCUT2D eigenvalue weighted by atomic mass is 16.5. The Bertz CT molecular complexity index is 1670. The van der Waals surface area contributed by atoms with Gasteiger partial charge in [0.1, 0.15) is 5.65 Å². The third-order valence-corrected chi connectivity index (χ3v) is 6.42. The number of hydrogen-bond acceptors (Lipinski definition) is 3. The van der Waals surface area contributed by atoms with Gasteiger partial charge in [-0.3, -0.25) is 4.40 Å². The van der Waals surface area contributed by atoms with Crippen LogP contribution in [0.2, 0.25) is 0 Å². The number of rotatable bonds is 4. The lowest BCUT2D eigenvalue weighted by atomic mass is 10.0. The second-order valence-corrected chi connectivity index (χ2v) is 8.47. The van der Waals surface area contributed by atoms with Crippen LogP contribution >= 0.6 is 0 Å². The van der Waals surface area contributed by atoms with E-state index in [1.54, 1.807) is 14.2 Å². The Hall–Kier alpha value is -4.31. The Morgan fingerprint density at radius 3 is 1.97 bits per heavy atom. The number of nitrogens with zero attached hydrogens (tertiary/aromatic N) is 2. The van der Waals surface area contributed by atoms with Crippen molar-refractivity contribution in [2.24, 2.45) is 0 Å². The lowest BCUT2D eigenvalue weighted by Crippen LogP contribution is -1.97. The van der Waals surface area contributed by atoms with Crippen molar-refractivity contribution >= 4 is 27.3 Å². The SMILES string of the molecule is COc1cc2c3cc(C)ccc3c3nc(-c4ccccc4)c(-c4ccccc4)n3c2cc1OC. The predicted molar refractivity (Wildman–Crippen MR) is 139 cm³/mol. The first-order valence-corrected chi connectivity index (χ1v) is 11.3. The molecule has 0 fully saturated rings. The first-order valence-electron chi connectivity index (χ1n) is 11.3. The van der Waals surface area contributed by atoms with Crippen molar-refractivity contribution in [3.05, 3.63) is 96.6 Å². The summed E-state index contributed by atoms with van der Waals surface area (Å²) in [4.78, 5) is 5.26. The molecule has 4 nitrogen and oxygen atoms in total. The third-order valence-electron chi connectivity index (χ3n) is 6.42. The maximum atomic E-state index is 5.71. The van der Waals surface area contributed by atoms with Crippen LogP contribution in [0.3, 0.4) is 0 Å². The van der Waals surface area contributed by atoms with Gasteiger partial charge in [0.15, 0.2) is 11.5 Å². The number of imidazole rings is 1. The van der Waals surface area contributed by atoms with Crippen LogP contribution in [0.5, 0.6) is 11.5 Å². The lowest BCUT2D eigenvalue weighted by Gasteiger charge is -2.15. The number of pyridine rings is 1. The van der Waals surface area contributed by atoms with E-state index in [4.69, 9.17) is 14.5 Å². The van der Waals surface area contributed by atoms with Crippen molar-refractivity contribution in [1.82, 2.24) is 9.38 Å². The fraction of sp³-hybridized carbons (Fsp3) is 0.100. The summed E-state index contributed by atoms with van der Waals surface area (Å²) < 4.78 is 13.7. The molecular weight excluding hydrogens is 420 g/mol. The molecule has 0 amide bonds. The van der Waals surface area contributed by atoms with E-state index in [1.807, 2.05) is 12.1 Å². The van der Waals surface area contributed by atoms with Crippen LogP contribution in [-0.2, 0) is 0 Å². The van der Waals surface area contributed by atoms with Crippen molar-refractivity contribution in [3.63, 3.8) is 0 Å². The number of hydrogen-bond donors (Lipinski definition) is 0. The minimum absolute atomic E-state index is 0.692. The van der Waals surface area contributed by atoms with Gasteiger partial charge in [0.2, 0.25) is 0 Å². The average molecular weight is 445 g/mol. The van der Waals surface area contributed by atoms with Gasteiger partial charge < -0.3 is 9.47 Å². The molecule has 2 aromatic heterocycles. The van der Waals surface area contributed by atoms with E-state index in [1.165, 1.54) is 5.56 Å². The molecule has 34 heavy (non-hydrogen) atoms. The summed E-state index contributed by atoms with van der Waals surface area (Å²) in [7, 11) is 3.35. The van der Waals surface area contributed by atoms with Crippen molar-refractivity contribution in [3.8, 4) is 34.0 Å². The first kappa shape index (κ1) is 20.3. The van der Waals surface area contributed by atoms with E-state index in [-0.39, 0.29) is 0 Å². The van der Waals surface area contributed by atoms with E-state index in [2.05, 4.69) is 90.2 Å². The highest BCUT2D eigenvalue weighted by Crippen LogP contribution is 2.42. The number of aryl methyl sites for hydroxylation is 1. The van der Waals surface area contributed by atoms with Gasteiger partial charge in [-0.05, 0) is 18.4 Å². The van der Waals surface area contributed by atoms with Gasteiger partial charge in [0.05, 0.1) is 31.1 Å². The molecule has 0 radical (unpaired) electrons. The minimum atomic E-state index is 0.692. The van der Waals surface area contributed by atoms with Gasteiger partial charge in [-0.25, -0.2) is 4.98 Å². The maximum Gasteiger partial charge on any atom is 0.162 e. The summed E-state index contributed by atoms with van der Waals surface area (Å²) in [5.74, 6) is 1.40. The molecule has 0 saturated carbocycles. The van der Waals surface area contributed by atoms with Crippen LogP contribution in [0.1, 0.15) is 5.56 Å². The second-order valence-electron chi connectivity index (χ2n) is 8.47. The molecule has 4 aromatic carbocycles. The average Bonchev–Trinajstić information content (AvgIpc) is 3.30. The molecule has 0 aliphatic heterocycles. The Morgan fingerprint density at radius 1 is 0.647 bits per heavy atom. The zero-order valence-corrected chi connectivity index (χ0v) is 19.4. The fourth-order valence-electron chi connectivity index (χ4n) is 4.84. The number of benzene rings is 4. The number of fused-ring (bicyclic) bond motifs is 6. The Balaban J connectivity index is 1.89. The molecule has 4 heteroatoms. The minimum Gasteiger partial charge on any atom is -0.493 e. The Morgan fingerprint density at radius 2 is 1.29 bits per heavy atom. The van der Waals surface area contributed by atoms with Gasteiger partial charge >= 0.3 is 0 Å². The van der Waals surface area contributed by atoms with Gasteiger partial charge in [-0.2, -0.15) is 0 Å². The number of ether oxygens (including phenoxy) is 2. The van der Waals surface area contributed by atoms with Crippen LogP contribution in [-0.4, -0.2) is 23.6 Å². The van der Waals surface area contributed by atoms with E-state index in [0.717, 1.165) is 49.8 Å². The van der Waals surface area contributed by atoms with Crippen LogP contribution in [0.15, 0.2) is 91.0 Å². The van der Waals surface area contributed by atoms with Gasteiger partial charge in [0, 0.05) is 28.0 Å². The zero-order valence-electron chi connectivity index (χ0n) is 19.4. The third kappa shape index (κ3) is 3.03. The van der Waals surface area contributed by atoms with Crippen molar-refractivity contribution in [1.29, 1.82) is 0 Å². The molecule has 0 N–H and O–H groups in total. The molecule has 0 atom stereocenters. The molecule has 6 aromatic rings. The van der Waals surface area contributed by atoms with E-state index >= 15 is 0 Å². The molecular formula is C30H24N2O2. The molecule has 6 rings (SSSR count). The predicted octanol–water partition coefficient (Wildman–Crippen LogP) is 7.30.